The summed E-state index contributed by atoms with van der Waals surface area (Å²) in [4.78, 5) is 9.53. The van der Waals surface area contributed by atoms with Crippen molar-refractivity contribution in [2.75, 3.05) is 39.1 Å². The zero-order valence-electron chi connectivity index (χ0n) is 9.83. The number of hydrogen-bond acceptors (Lipinski definition) is 4. The molecule has 0 spiro atoms. The van der Waals surface area contributed by atoms with Gasteiger partial charge in [0.15, 0.2) is 5.13 Å². The van der Waals surface area contributed by atoms with E-state index in [4.69, 9.17) is 23.2 Å². The van der Waals surface area contributed by atoms with Crippen LogP contribution in [0.3, 0.4) is 0 Å². The van der Waals surface area contributed by atoms with E-state index >= 15 is 0 Å². The van der Waals surface area contributed by atoms with Crippen molar-refractivity contribution in [2.45, 2.75) is 12.3 Å². The lowest BCUT2D eigenvalue weighted by Crippen LogP contribution is -2.23. The first kappa shape index (κ1) is 14.0. The van der Waals surface area contributed by atoms with Gasteiger partial charge in [-0.25, -0.2) is 4.98 Å². The van der Waals surface area contributed by atoms with Gasteiger partial charge in [-0.15, -0.1) is 11.6 Å². The molecule has 1 aromatic rings. The summed E-state index contributed by atoms with van der Waals surface area (Å²) in [7, 11) is 6.18. The summed E-state index contributed by atoms with van der Waals surface area (Å²) in [5.74, 6) is 0.433. The Bertz CT molecular complexity index is 328. The van der Waals surface area contributed by atoms with Gasteiger partial charge in [-0.3, -0.25) is 0 Å². The van der Waals surface area contributed by atoms with Gasteiger partial charge in [-0.05, 0) is 27.1 Å². The Balaban J connectivity index is 2.49. The number of hydrogen-bond donors (Lipinski definition) is 0. The van der Waals surface area contributed by atoms with E-state index in [-0.39, 0.29) is 0 Å². The third-order valence-electron chi connectivity index (χ3n) is 2.19. The van der Waals surface area contributed by atoms with Gasteiger partial charge >= 0.3 is 0 Å². The molecule has 0 aliphatic carbocycles. The molecular formula is C10H17Cl2N3S. The van der Waals surface area contributed by atoms with Crippen molar-refractivity contribution in [3.8, 4) is 0 Å². The Morgan fingerprint density at radius 2 is 1.94 bits per heavy atom. The van der Waals surface area contributed by atoms with Gasteiger partial charge in [0.2, 0.25) is 0 Å². The highest BCUT2D eigenvalue weighted by molar-refractivity contribution is 7.16. The molecule has 0 unspecified atom stereocenters. The predicted octanol–water partition coefficient (Wildman–Crippen LogP) is 2.92. The van der Waals surface area contributed by atoms with Crippen LogP contribution in [0.1, 0.15) is 11.3 Å². The van der Waals surface area contributed by atoms with Crippen LogP contribution < -0.4 is 4.90 Å². The van der Waals surface area contributed by atoms with Gasteiger partial charge < -0.3 is 9.80 Å². The molecule has 16 heavy (non-hydrogen) atoms. The maximum absolute atomic E-state index is 5.95. The number of nitrogens with zero attached hydrogens (tertiary/aromatic N) is 3. The van der Waals surface area contributed by atoms with Crippen molar-refractivity contribution in [1.82, 2.24) is 9.88 Å². The molecule has 1 aromatic heterocycles. The lowest BCUT2D eigenvalue weighted by atomic mass is 10.4. The maximum atomic E-state index is 5.95. The van der Waals surface area contributed by atoms with E-state index in [1.54, 1.807) is 11.3 Å². The summed E-state index contributed by atoms with van der Waals surface area (Å²) >= 11 is 13.3. The highest BCUT2D eigenvalue weighted by Crippen LogP contribution is 2.30. The van der Waals surface area contributed by atoms with Crippen molar-refractivity contribution >= 4 is 39.7 Å². The van der Waals surface area contributed by atoms with E-state index in [2.05, 4.69) is 28.9 Å². The van der Waals surface area contributed by atoms with E-state index in [9.17, 15) is 0 Å². The van der Waals surface area contributed by atoms with Crippen LogP contribution in [0.5, 0.6) is 0 Å². The van der Waals surface area contributed by atoms with Gasteiger partial charge in [-0.1, -0.05) is 22.9 Å². The van der Waals surface area contributed by atoms with E-state index in [1.165, 1.54) is 0 Å². The first-order valence-corrected chi connectivity index (χ1v) is 6.84. The number of aromatic nitrogens is 1. The van der Waals surface area contributed by atoms with Crippen LogP contribution in [0.15, 0.2) is 0 Å². The standard InChI is InChI=1S/C10H17Cl2N3S/c1-14(2)5-4-6-15(3)10-13-9(12)8(7-11)16-10/h4-7H2,1-3H3. The molecule has 0 saturated carbocycles. The molecule has 0 aromatic carbocycles. The van der Waals surface area contributed by atoms with Crippen LogP contribution in [-0.4, -0.2) is 44.1 Å². The molecule has 0 radical (unpaired) electrons. The summed E-state index contributed by atoms with van der Waals surface area (Å²) in [6.45, 7) is 2.05. The SMILES string of the molecule is CN(C)CCCN(C)c1nc(Cl)c(CCl)s1. The van der Waals surface area contributed by atoms with Crippen LogP contribution in [0, 0.1) is 0 Å². The Labute approximate surface area is 111 Å². The lowest BCUT2D eigenvalue weighted by Gasteiger charge is -2.17. The van der Waals surface area contributed by atoms with Gasteiger partial charge in [0.25, 0.3) is 0 Å². The molecule has 0 bridgehead atoms. The van der Waals surface area contributed by atoms with E-state index in [0.717, 1.165) is 29.5 Å². The largest absolute Gasteiger partial charge is 0.351 e. The molecule has 0 saturated heterocycles. The number of thiazole rings is 1. The average Bonchev–Trinajstić information content (AvgIpc) is 2.59. The fourth-order valence-electron chi connectivity index (χ4n) is 1.29. The van der Waals surface area contributed by atoms with E-state index < -0.39 is 0 Å². The molecule has 0 fully saturated rings. The molecular weight excluding hydrogens is 265 g/mol. The third kappa shape index (κ3) is 4.09. The zero-order valence-corrected chi connectivity index (χ0v) is 12.2. The minimum absolute atomic E-state index is 0.433. The Hall–Kier alpha value is -0.0300. The molecule has 1 rings (SSSR count). The smallest absolute Gasteiger partial charge is 0.186 e. The maximum Gasteiger partial charge on any atom is 0.186 e. The topological polar surface area (TPSA) is 19.4 Å². The quantitative estimate of drug-likeness (QED) is 0.748. The highest BCUT2D eigenvalue weighted by Gasteiger charge is 2.11. The fourth-order valence-corrected chi connectivity index (χ4v) is 2.75. The fraction of sp³-hybridized carbons (Fsp3) is 0.700. The normalized spacial score (nSPS) is 11.1. The molecule has 3 nitrogen and oxygen atoms in total. The summed E-state index contributed by atoms with van der Waals surface area (Å²) in [5.41, 5.74) is 0. The van der Waals surface area contributed by atoms with Gasteiger partial charge in [0.05, 0.1) is 10.8 Å². The van der Waals surface area contributed by atoms with Crippen molar-refractivity contribution in [3.63, 3.8) is 0 Å². The zero-order chi connectivity index (χ0) is 12.1. The number of rotatable bonds is 6. The summed E-state index contributed by atoms with van der Waals surface area (Å²) < 4.78 is 0. The Morgan fingerprint density at radius 1 is 1.25 bits per heavy atom. The molecule has 0 amide bonds. The van der Waals surface area contributed by atoms with E-state index in [0.29, 0.717) is 11.0 Å². The monoisotopic (exact) mass is 281 g/mol. The minimum atomic E-state index is 0.433. The molecule has 6 heteroatoms. The summed E-state index contributed by atoms with van der Waals surface area (Å²) in [6.07, 6.45) is 1.11. The van der Waals surface area contributed by atoms with Crippen molar-refractivity contribution < 1.29 is 0 Å². The summed E-state index contributed by atoms with van der Waals surface area (Å²) in [5, 5.41) is 1.48. The Morgan fingerprint density at radius 3 is 2.44 bits per heavy atom. The molecule has 92 valence electrons. The first-order chi connectivity index (χ1) is 7.54. The van der Waals surface area contributed by atoms with Crippen molar-refractivity contribution in [3.05, 3.63) is 10.0 Å². The molecule has 0 atom stereocenters. The predicted molar refractivity (Wildman–Crippen MR) is 73.1 cm³/mol. The molecule has 0 aliphatic heterocycles. The summed E-state index contributed by atoms with van der Waals surface area (Å²) in [6, 6.07) is 0. The van der Waals surface area contributed by atoms with E-state index in [1.807, 2.05) is 7.05 Å². The lowest BCUT2D eigenvalue weighted by molar-refractivity contribution is 0.401. The van der Waals surface area contributed by atoms with Crippen molar-refractivity contribution in [1.29, 1.82) is 0 Å². The second-order valence-corrected chi connectivity index (χ2v) is 5.61. The first-order valence-electron chi connectivity index (χ1n) is 5.11. The molecule has 0 aliphatic rings. The number of alkyl halides is 1. The highest BCUT2D eigenvalue weighted by atomic mass is 35.5. The van der Waals surface area contributed by atoms with Gasteiger partial charge in [0.1, 0.15) is 5.15 Å². The van der Waals surface area contributed by atoms with Crippen LogP contribution in [-0.2, 0) is 5.88 Å². The van der Waals surface area contributed by atoms with Gasteiger partial charge in [-0.2, -0.15) is 0 Å². The van der Waals surface area contributed by atoms with Gasteiger partial charge in [0, 0.05) is 13.6 Å². The minimum Gasteiger partial charge on any atom is -0.351 e. The van der Waals surface area contributed by atoms with Crippen LogP contribution >= 0.6 is 34.5 Å². The molecule has 1 heterocycles. The Kier molecular flexibility index (Phi) is 5.83. The van der Waals surface area contributed by atoms with Crippen LogP contribution in [0.4, 0.5) is 5.13 Å². The average molecular weight is 282 g/mol. The van der Waals surface area contributed by atoms with Crippen LogP contribution in [0.25, 0.3) is 0 Å². The van der Waals surface area contributed by atoms with Crippen LogP contribution in [0.2, 0.25) is 5.15 Å². The third-order valence-corrected chi connectivity index (χ3v) is 4.21. The number of anilines is 1. The second-order valence-electron chi connectivity index (χ2n) is 3.92. The van der Waals surface area contributed by atoms with Crippen molar-refractivity contribution in [2.24, 2.45) is 0 Å². The second kappa shape index (κ2) is 6.64. The molecule has 0 N–H and O–H groups in total. The number of halogens is 2.